The maximum Gasteiger partial charge on any atom is 0.410 e. The molecule has 0 bridgehead atoms. The number of hydrogen-bond donors (Lipinski definition) is 2. The summed E-state index contributed by atoms with van der Waals surface area (Å²) < 4.78 is 10.6. The number of ketones is 2. The van der Waals surface area contributed by atoms with Crippen LogP contribution in [0.3, 0.4) is 0 Å². The minimum absolute atomic E-state index is 0.0592. The monoisotopic (exact) mass is 588 g/mol. The fourth-order valence-corrected chi connectivity index (χ4v) is 4.79. The van der Waals surface area contributed by atoms with Crippen LogP contribution in [-0.4, -0.2) is 97.8 Å². The van der Waals surface area contributed by atoms with Crippen molar-refractivity contribution in [3.05, 3.63) is 35.9 Å². The number of hydrogen-bond acceptors (Lipinski definition) is 9. The molecule has 1 saturated carbocycles. The third kappa shape index (κ3) is 14.0. The number of benzene rings is 1. The average molecular weight is 589 g/mol. The molecule has 0 saturated heterocycles. The number of carbonyl (C=O) groups excluding carboxylic acids is 5. The summed E-state index contributed by atoms with van der Waals surface area (Å²) in [7, 11) is 3.04. The zero-order valence-corrected chi connectivity index (χ0v) is 25.8. The number of ether oxygens (including phenoxy) is 2. The minimum atomic E-state index is -0.650. The molecule has 11 nitrogen and oxygen atoms in total. The lowest BCUT2D eigenvalue weighted by Crippen LogP contribution is -2.50. The van der Waals surface area contributed by atoms with Gasteiger partial charge in [0.1, 0.15) is 18.8 Å². The number of carbonyl (C=O) groups is 5. The molecular weight excluding hydrogens is 540 g/mol. The van der Waals surface area contributed by atoms with Gasteiger partial charge in [-0.1, -0.05) is 62.4 Å². The number of esters is 1. The summed E-state index contributed by atoms with van der Waals surface area (Å²) in [5.74, 6) is -0.865. The number of nitrogens with one attached hydrogen (secondary N) is 2. The van der Waals surface area contributed by atoms with Crippen LogP contribution in [-0.2, 0) is 35.3 Å². The van der Waals surface area contributed by atoms with Crippen molar-refractivity contribution in [1.29, 1.82) is 0 Å². The predicted molar refractivity (Wildman–Crippen MR) is 159 cm³/mol. The Hall–Kier alpha value is -3.31. The molecular formula is C31H48N4O7. The Morgan fingerprint density at radius 2 is 1.52 bits per heavy atom. The van der Waals surface area contributed by atoms with Gasteiger partial charge in [-0.3, -0.25) is 24.5 Å². The summed E-state index contributed by atoms with van der Waals surface area (Å²) in [5, 5.41) is 5.91. The van der Waals surface area contributed by atoms with E-state index >= 15 is 0 Å². The van der Waals surface area contributed by atoms with Crippen LogP contribution in [0.4, 0.5) is 4.79 Å². The number of Topliss-reactive ketones (excluding diaryl/α,β-unsaturated/α-hetero) is 2. The normalized spacial score (nSPS) is 14.5. The van der Waals surface area contributed by atoms with Crippen LogP contribution >= 0.6 is 0 Å². The topological polar surface area (TPSA) is 134 Å². The largest absolute Gasteiger partial charge is 0.459 e. The van der Waals surface area contributed by atoms with Crippen LogP contribution in [0.25, 0.3) is 0 Å². The second kappa shape index (κ2) is 17.6. The Bertz CT molecular complexity index is 1040. The number of amides is 2. The van der Waals surface area contributed by atoms with E-state index in [9.17, 15) is 24.0 Å². The minimum Gasteiger partial charge on any atom is -0.459 e. The molecule has 1 aromatic rings. The molecule has 1 aromatic carbocycles. The summed E-state index contributed by atoms with van der Waals surface area (Å²) in [5.41, 5.74) is 0.194. The van der Waals surface area contributed by atoms with E-state index < -0.39 is 23.7 Å². The highest BCUT2D eigenvalue weighted by atomic mass is 16.6. The van der Waals surface area contributed by atoms with E-state index in [0.717, 1.165) is 31.2 Å². The zero-order chi connectivity index (χ0) is 31.1. The molecule has 11 heteroatoms. The van der Waals surface area contributed by atoms with E-state index in [1.165, 1.54) is 23.3 Å². The van der Waals surface area contributed by atoms with Crippen LogP contribution in [0.2, 0.25) is 0 Å². The van der Waals surface area contributed by atoms with Crippen molar-refractivity contribution in [1.82, 2.24) is 20.4 Å². The third-order valence-corrected chi connectivity index (χ3v) is 6.87. The highest BCUT2D eigenvalue weighted by Crippen LogP contribution is 2.27. The van der Waals surface area contributed by atoms with Gasteiger partial charge in [-0.15, -0.1) is 0 Å². The molecule has 0 spiro atoms. The van der Waals surface area contributed by atoms with E-state index in [4.69, 9.17) is 9.47 Å². The first-order valence-electron chi connectivity index (χ1n) is 14.7. The van der Waals surface area contributed by atoms with E-state index in [1.807, 2.05) is 30.3 Å². The van der Waals surface area contributed by atoms with Crippen molar-refractivity contribution >= 4 is 29.5 Å². The Morgan fingerprint density at radius 3 is 2.17 bits per heavy atom. The molecule has 0 unspecified atom stereocenters. The van der Waals surface area contributed by atoms with Crippen LogP contribution in [0.5, 0.6) is 0 Å². The molecule has 42 heavy (non-hydrogen) atoms. The molecule has 1 fully saturated rings. The zero-order valence-electron chi connectivity index (χ0n) is 25.8. The van der Waals surface area contributed by atoms with Crippen molar-refractivity contribution in [3.8, 4) is 0 Å². The maximum absolute atomic E-state index is 13.3. The van der Waals surface area contributed by atoms with E-state index in [1.54, 1.807) is 27.8 Å². The molecule has 1 aliphatic rings. The SMILES string of the molecule is CN(CC(=O)CNCC(=O)CN[C@@H](CC1CCCCC1)C(=O)N(C)CC(=O)OC(C)(C)C)C(=O)OCc1ccccc1. The van der Waals surface area contributed by atoms with Crippen LogP contribution in [0, 0.1) is 5.92 Å². The van der Waals surface area contributed by atoms with Crippen LogP contribution in [0.15, 0.2) is 30.3 Å². The van der Waals surface area contributed by atoms with Crippen molar-refractivity contribution in [2.75, 3.05) is 46.8 Å². The van der Waals surface area contributed by atoms with Gasteiger partial charge in [-0.05, 0) is 38.7 Å². The Labute approximate surface area is 249 Å². The molecule has 1 aliphatic carbocycles. The number of likely N-dealkylation sites (N-methyl/N-ethyl adjacent to an activating group) is 2. The quantitative estimate of drug-likeness (QED) is 0.280. The first-order chi connectivity index (χ1) is 19.8. The molecule has 2 rings (SSSR count). The van der Waals surface area contributed by atoms with E-state index in [-0.39, 0.29) is 56.8 Å². The lowest BCUT2D eigenvalue weighted by atomic mass is 9.84. The fourth-order valence-electron chi connectivity index (χ4n) is 4.79. The Morgan fingerprint density at radius 1 is 0.881 bits per heavy atom. The highest BCUT2D eigenvalue weighted by Gasteiger charge is 2.29. The average Bonchev–Trinajstić information content (AvgIpc) is 2.93. The van der Waals surface area contributed by atoms with Gasteiger partial charge in [-0.25, -0.2) is 4.79 Å². The van der Waals surface area contributed by atoms with Gasteiger partial charge in [0.05, 0.1) is 32.2 Å². The Kier molecular flexibility index (Phi) is 14.6. The molecule has 0 aliphatic heterocycles. The van der Waals surface area contributed by atoms with Crippen molar-refractivity contribution in [2.24, 2.45) is 5.92 Å². The Balaban J connectivity index is 1.78. The summed E-state index contributed by atoms with van der Waals surface area (Å²) in [6.07, 6.45) is 5.47. The first-order valence-corrected chi connectivity index (χ1v) is 14.7. The summed E-state index contributed by atoms with van der Waals surface area (Å²) in [4.78, 5) is 65.1. The van der Waals surface area contributed by atoms with Gasteiger partial charge in [0.15, 0.2) is 11.6 Å². The lowest BCUT2D eigenvalue weighted by Gasteiger charge is -2.29. The standard InChI is InChI=1S/C31H48N4O7/c1-31(2,3)42-28(38)21-34(4)29(39)27(16-23-12-8-6-9-13-23)33-19-25(36)17-32-18-26(37)20-35(5)30(40)41-22-24-14-10-7-11-15-24/h7,10-11,14-15,23,27,32-33H,6,8-9,12-13,16-22H2,1-5H3/t27-/m0/s1. The summed E-state index contributed by atoms with van der Waals surface area (Å²) in [6.45, 7) is 4.87. The molecule has 2 amide bonds. The highest BCUT2D eigenvalue weighted by molar-refractivity contribution is 5.88. The van der Waals surface area contributed by atoms with Gasteiger partial charge in [0, 0.05) is 14.1 Å². The molecule has 0 radical (unpaired) electrons. The predicted octanol–water partition coefficient (Wildman–Crippen LogP) is 2.71. The smallest absolute Gasteiger partial charge is 0.410 e. The summed E-state index contributed by atoms with van der Waals surface area (Å²) in [6, 6.07) is 8.63. The van der Waals surface area contributed by atoms with Crippen LogP contribution in [0.1, 0.15) is 64.9 Å². The van der Waals surface area contributed by atoms with Crippen molar-refractivity contribution in [3.63, 3.8) is 0 Å². The van der Waals surface area contributed by atoms with E-state index in [0.29, 0.717) is 12.3 Å². The van der Waals surface area contributed by atoms with Gasteiger partial charge in [0.2, 0.25) is 5.91 Å². The van der Waals surface area contributed by atoms with Gasteiger partial charge < -0.3 is 24.6 Å². The second-order valence-corrected chi connectivity index (χ2v) is 12.0. The van der Waals surface area contributed by atoms with Gasteiger partial charge >= 0.3 is 12.1 Å². The molecule has 0 heterocycles. The van der Waals surface area contributed by atoms with Gasteiger partial charge in [-0.2, -0.15) is 0 Å². The van der Waals surface area contributed by atoms with Crippen LogP contribution < -0.4 is 10.6 Å². The van der Waals surface area contributed by atoms with Gasteiger partial charge in [0.25, 0.3) is 0 Å². The number of nitrogens with zero attached hydrogens (tertiary/aromatic N) is 2. The fraction of sp³-hybridized carbons (Fsp3) is 0.645. The maximum atomic E-state index is 13.3. The molecule has 234 valence electrons. The summed E-state index contributed by atoms with van der Waals surface area (Å²) >= 11 is 0. The first kappa shape index (κ1) is 34.9. The number of rotatable bonds is 16. The molecule has 1 atom stereocenters. The van der Waals surface area contributed by atoms with E-state index in [2.05, 4.69) is 10.6 Å². The molecule has 2 N–H and O–H groups in total. The van der Waals surface area contributed by atoms with Crippen molar-refractivity contribution < 1.29 is 33.4 Å². The molecule has 0 aromatic heterocycles. The second-order valence-electron chi connectivity index (χ2n) is 12.0. The van der Waals surface area contributed by atoms with Crippen molar-refractivity contribution in [2.45, 2.75) is 77.5 Å². The lowest BCUT2D eigenvalue weighted by molar-refractivity contribution is -0.158. The third-order valence-electron chi connectivity index (χ3n) is 6.87.